The Bertz CT molecular complexity index is 753. The number of halogens is 1. The Balaban J connectivity index is 1.71. The molecule has 1 aromatic carbocycles. The summed E-state index contributed by atoms with van der Waals surface area (Å²) in [6, 6.07) is 4.90. The van der Waals surface area contributed by atoms with E-state index >= 15 is 0 Å². The van der Waals surface area contributed by atoms with Gasteiger partial charge in [-0.05, 0) is 37.1 Å². The van der Waals surface area contributed by atoms with Crippen molar-refractivity contribution in [2.75, 3.05) is 18.8 Å². The van der Waals surface area contributed by atoms with Gasteiger partial charge in [-0.1, -0.05) is 11.3 Å². The molecule has 1 aliphatic heterocycles. The van der Waals surface area contributed by atoms with Crippen LogP contribution in [-0.4, -0.2) is 36.0 Å². The predicted octanol–water partition coefficient (Wildman–Crippen LogP) is 1.83. The zero-order valence-electron chi connectivity index (χ0n) is 11.6. The molecule has 2 N–H and O–H groups in total. The van der Waals surface area contributed by atoms with E-state index < -0.39 is 15.8 Å². The van der Waals surface area contributed by atoms with Gasteiger partial charge in [0.1, 0.15) is 10.8 Å². The molecule has 9 heteroatoms. The van der Waals surface area contributed by atoms with Crippen molar-refractivity contribution in [1.82, 2.24) is 14.5 Å². The Kier molecular flexibility index (Phi) is 4.11. The Morgan fingerprint density at radius 1 is 1.18 bits per heavy atom. The van der Waals surface area contributed by atoms with Crippen LogP contribution in [0.3, 0.4) is 0 Å². The van der Waals surface area contributed by atoms with Crippen LogP contribution in [0.5, 0.6) is 0 Å². The molecule has 0 unspecified atom stereocenters. The number of piperidine rings is 1. The van der Waals surface area contributed by atoms with E-state index in [1.807, 2.05) is 0 Å². The van der Waals surface area contributed by atoms with Gasteiger partial charge in [0.2, 0.25) is 15.2 Å². The highest BCUT2D eigenvalue weighted by atomic mass is 32.2. The highest BCUT2D eigenvalue weighted by molar-refractivity contribution is 7.89. The predicted molar refractivity (Wildman–Crippen MR) is 81.5 cm³/mol. The van der Waals surface area contributed by atoms with E-state index in [2.05, 4.69) is 10.2 Å². The van der Waals surface area contributed by atoms with Crippen LogP contribution in [0.4, 0.5) is 9.52 Å². The molecular formula is C13H15FN4O2S2. The van der Waals surface area contributed by atoms with Crippen molar-refractivity contribution < 1.29 is 12.8 Å². The van der Waals surface area contributed by atoms with E-state index in [9.17, 15) is 12.8 Å². The molecular weight excluding hydrogens is 327 g/mol. The Morgan fingerprint density at radius 3 is 2.36 bits per heavy atom. The number of nitrogens with zero attached hydrogens (tertiary/aromatic N) is 3. The molecule has 0 amide bonds. The average Bonchev–Trinajstić information content (AvgIpc) is 2.94. The largest absolute Gasteiger partial charge is 0.374 e. The second kappa shape index (κ2) is 5.90. The summed E-state index contributed by atoms with van der Waals surface area (Å²) >= 11 is 1.35. The van der Waals surface area contributed by atoms with Crippen molar-refractivity contribution in [2.24, 2.45) is 0 Å². The SMILES string of the molecule is Nc1nnc(C2CCN(S(=O)(=O)c3ccc(F)cc3)CC2)s1. The third-order valence-electron chi connectivity index (χ3n) is 3.71. The molecule has 1 fully saturated rings. The van der Waals surface area contributed by atoms with Crippen molar-refractivity contribution in [3.05, 3.63) is 35.1 Å². The van der Waals surface area contributed by atoms with Gasteiger partial charge < -0.3 is 5.73 Å². The van der Waals surface area contributed by atoms with Gasteiger partial charge in [-0.2, -0.15) is 4.31 Å². The quantitative estimate of drug-likeness (QED) is 0.919. The van der Waals surface area contributed by atoms with Crippen molar-refractivity contribution in [2.45, 2.75) is 23.7 Å². The summed E-state index contributed by atoms with van der Waals surface area (Å²) in [7, 11) is -3.57. The van der Waals surface area contributed by atoms with Gasteiger partial charge in [0.05, 0.1) is 4.90 Å². The van der Waals surface area contributed by atoms with Crippen LogP contribution < -0.4 is 5.73 Å². The van der Waals surface area contributed by atoms with E-state index in [1.54, 1.807) is 0 Å². The first-order valence-corrected chi connectivity index (χ1v) is 9.07. The van der Waals surface area contributed by atoms with Crippen molar-refractivity contribution in [1.29, 1.82) is 0 Å². The van der Waals surface area contributed by atoms with Gasteiger partial charge in [-0.25, -0.2) is 12.8 Å². The lowest BCUT2D eigenvalue weighted by Gasteiger charge is -2.30. The molecule has 0 radical (unpaired) electrons. The average molecular weight is 342 g/mol. The lowest BCUT2D eigenvalue weighted by Crippen LogP contribution is -2.37. The van der Waals surface area contributed by atoms with E-state index in [0.717, 1.165) is 17.1 Å². The molecule has 1 aromatic heterocycles. The second-order valence-electron chi connectivity index (χ2n) is 5.11. The maximum absolute atomic E-state index is 12.9. The lowest BCUT2D eigenvalue weighted by atomic mass is 9.99. The fourth-order valence-electron chi connectivity index (χ4n) is 2.51. The number of aromatic nitrogens is 2. The van der Waals surface area contributed by atoms with Crippen LogP contribution in [0.1, 0.15) is 23.8 Å². The van der Waals surface area contributed by atoms with Crippen LogP contribution in [-0.2, 0) is 10.0 Å². The van der Waals surface area contributed by atoms with Crippen LogP contribution in [0.2, 0.25) is 0 Å². The first-order valence-electron chi connectivity index (χ1n) is 6.81. The van der Waals surface area contributed by atoms with Gasteiger partial charge >= 0.3 is 0 Å². The smallest absolute Gasteiger partial charge is 0.243 e. The zero-order chi connectivity index (χ0) is 15.7. The van der Waals surface area contributed by atoms with Gasteiger partial charge in [0, 0.05) is 19.0 Å². The van der Waals surface area contributed by atoms with Gasteiger partial charge in [0.25, 0.3) is 0 Å². The van der Waals surface area contributed by atoms with Crippen LogP contribution >= 0.6 is 11.3 Å². The Morgan fingerprint density at radius 2 is 1.82 bits per heavy atom. The standard InChI is InChI=1S/C13H15FN4O2S2/c14-10-1-3-11(4-2-10)22(19,20)18-7-5-9(6-8-18)12-16-17-13(15)21-12/h1-4,9H,5-8H2,(H2,15,17). The summed E-state index contributed by atoms with van der Waals surface area (Å²) in [5.41, 5.74) is 5.58. The normalized spacial score (nSPS) is 17.7. The summed E-state index contributed by atoms with van der Waals surface area (Å²) in [6.07, 6.45) is 1.35. The first kappa shape index (κ1) is 15.3. The molecule has 0 atom stereocenters. The van der Waals surface area contributed by atoms with Crippen molar-refractivity contribution in [3.63, 3.8) is 0 Å². The fourth-order valence-corrected chi connectivity index (χ4v) is 4.76. The maximum Gasteiger partial charge on any atom is 0.243 e. The summed E-state index contributed by atoms with van der Waals surface area (Å²) in [6.45, 7) is 0.813. The molecule has 2 heterocycles. The molecule has 0 saturated carbocycles. The molecule has 118 valence electrons. The third-order valence-corrected chi connectivity index (χ3v) is 6.54. The van der Waals surface area contributed by atoms with Gasteiger partial charge in [-0.15, -0.1) is 10.2 Å². The number of rotatable bonds is 3. The minimum atomic E-state index is -3.57. The summed E-state index contributed by atoms with van der Waals surface area (Å²) in [4.78, 5) is 0.118. The molecule has 6 nitrogen and oxygen atoms in total. The monoisotopic (exact) mass is 342 g/mol. The van der Waals surface area contributed by atoms with Crippen molar-refractivity contribution in [3.8, 4) is 0 Å². The number of hydrogen-bond acceptors (Lipinski definition) is 6. The minimum Gasteiger partial charge on any atom is -0.374 e. The fraction of sp³-hybridized carbons (Fsp3) is 0.385. The summed E-state index contributed by atoms with van der Waals surface area (Å²) in [5, 5.41) is 9.11. The van der Waals surface area contributed by atoms with Crippen LogP contribution in [0, 0.1) is 5.82 Å². The number of nitrogen functional groups attached to an aromatic ring is 1. The van der Waals surface area contributed by atoms with E-state index in [-0.39, 0.29) is 10.8 Å². The molecule has 0 bridgehead atoms. The highest BCUT2D eigenvalue weighted by Crippen LogP contribution is 2.32. The molecule has 22 heavy (non-hydrogen) atoms. The van der Waals surface area contributed by atoms with E-state index in [4.69, 9.17) is 5.73 Å². The molecule has 0 spiro atoms. The molecule has 0 aliphatic carbocycles. The third kappa shape index (κ3) is 2.96. The van der Waals surface area contributed by atoms with E-state index in [1.165, 1.54) is 27.8 Å². The van der Waals surface area contributed by atoms with Gasteiger partial charge in [-0.3, -0.25) is 0 Å². The van der Waals surface area contributed by atoms with Crippen LogP contribution in [0.25, 0.3) is 0 Å². The Labute approximate surface area is 131 Å². The maximum atomic E-state index is 12.9. The van der Waals surface area contributed by atoms with Crippen molar-refractivity contribution >= 4 is 26.5 Å². The summed E-state index contributed by atoms with van der Waals surface area (Å²) in [5.74, 6) is -0.263. The second-order valence-corrected chi connectivity index (χ2v) is 8.09. The number of hydrogen-bond donors (Lipinski definition) is 1. The molecule has 1 saturated heterocycles. The molecule has 1 aliphatic rings. The van der Waals surface area contributed by atoms with E-state index in [0.29, 0.717) is 31.1 Å². The van der Waals surface area contributed by atoms with Crippen LogP contribution in [0.15, 0.2) is 29.2 Å². The number of nitrogens with two attached hydrogens (primary N) is 1. The molecule has 2 aromatic rings. The van der Waals surface area contributed by atoms with Gasteiger partial charge in [0.15, 0.2) is 0 Å². The highest BCUT2D eigenvalue weighted by Gasteiger charge is 2.31. The lowest BCUT2D eigenvalue weighted by molar-refractivity contribution is 0.318. The summed E-state index contributed by atoms with van der Waals surface area (Å²) < 4.78 is 39.4. The number of anilines is 1. The minimum absolute atomic E-state index is 0.118. The molecule has 3 rings (SSSR count). The number of benzene rings is 1. The Hall–Kier alpha value is -1.58. The number of sulfonamides is 1. The zero-order valence-corrected chi connectivity index (χ0v) is 13.3. The first-order chi connectivity index (χ1) is 10.5. The topological polar surface area (TPSA) is 89.2 Å².